The smallest absolute Gasteiger partial charge is 0.390 e. The molecule has 1 fully saturated rings. The van der Waals surface area contributed by atoms with Gasteiger partial charge >= 0.3 is 6.18 Å². The standard InChI is InChI=1S/C16H23F3N2O3.ClH/c1-22-13-5-4-11(14(23-2)15(13)24-3)12(10-16(17,18)19)21-8-6-20-7-9-21;/h4-5,12,20H,6-10H2,1-3H3;1H/t12-;/m1./s1. The molecule has 0 saturated carbocycles. The Morgan fingerprint density at radius 1 is 1.04 bits per heavy atom. The average molecular weight is 385 g/mol. The lowest BCUT2D eigenvalue weighted by atomic mass is 9.98. The summed E-state index contributed by atoms with van der Waals surface area (Å²) in [6.45, 7) is 2.39. The van der Waals surface area contributed by atoms with Gasteiger partial charge in [-0.3, -0.25) is 4.90 Å². The van der Waals surface area contributed by atoms with Gasteiger partial charge in [-0.05, 0) is 12.1 Å². The first-order valence-electron chi connectivity index (χ1n) is 7.71. The highest BCUT2D eigenvalue weighted by molar-refractivity contribution is 5.85. The van der Waals surface area contributed by atoms with Crippen LogP contribution in [0.25, 0.3) is 0 Å². The Kier molecular flexibility index (Phi) is 8.11. The zero-order valence-corrected chi connectivity index (χ0v) is 15.3. The van der Waals surface area contributed by atoms with Gasteiger partial charge in [0.2, 0.25) is 5.75 Å². The van der Waals surface area contributed by atoms with Crippen LogP contribution in [0.15, 0.2) is 12.1 Å². The van der Waals surface area contributed by atoms with Crippen molar-refractivity contribution in [2.45, 2.75) is 18.6 Å². The molecular formula is C16H24ClF3N2O3. The number of benzene rings is 1. The molecule has 144 valence electrons. The molecule has 1 aliphatic rings. The Labute approximate surface area is 151 Å². The van der Waals surface area contributed by atoms with Crippen LogP contribution in [0.2, 0.25) is 0 Å². The molecule has 5 nitrogen and oxygen atoms in total. The van der Waals surface area contributed by atoms with Crippen LogP contribution in [0, 0.1) is 0 Å². The highest BCUT2D eigenvalue weighted by Gasteiger charge is 2.38. The lowest BCUT2D eigenvalue weighted by molar-refractivity contribution is -0.148. The minimum absolute atomic E-state index is 0. The highest BCUT2D eigenvalue weighted by atomic mass is 35.5. The summed E-state index contributed by atoms with van der Waals surface area (Å²) in [4.78, 5) is 1.83. The van der Waals surface area contributed by atoms with E-state index in [1.165, 1.54) is 21.3 Å². The van der Waals surface area contributed by atoms with Gasteiger partial charge in [-0.25, -0.2) is 0 Å². The predicted octanol–water partition coefficient (Wildman–Crippen LogP) is 3.03. The van der Waals surface area contributed by atoms with E-state index < -0.39 is 18.6 Å². The van der Waals surface area contributed by atoms with Gasteiger partial charge in [0, 0.05) is 37.8 Å². The third kappa shape index (κ3) is 5.29. The Hall–Kier alpha value is -1.38. The van der Waals surface area contributed by atoms with Gasteiger partial charge in [0.25, 0.3) is 0 Å². The molecule has 9 heteroatoms. The SMILES string of the molecule is COc1ccc([C@@H](CC(F)(F)F)N2CCNCC2)c(OC)c1OC.Cl. The van der Waals surface area contributed by atoms with Crippen LogP contribution < -0.4 is 19.5 Å². The van der Waals surface area contributed by atoms with Gasteiger partial charge in [-0.15, -0.1) is 12.4 Å². The summed E-state index contributed by atoms with van der Waals surface area (Å²) >= 11 is 0. The fourth-order valence-corrected chi connectivity index (χ4v) is 3.04. The van der Waals surface area contributed by atoms with Gasteiger partial charge in [0.05, 0.1) is 27.8 Å². The predicted molar refractivity (Wildman–Crippen MR) is 91.2 cm³/mol. The number of halogens is 4. The van der Waals surface area contributed by atoms with Crippen molar-refractivity contribution in [1.29, 1.82) is 0 Å². The maximum absolute atomic E-state index is 13.2. The molecule has 1 saturated heterocycles. The Morgan fingerprint density at radius 2 is 1.64 bits per heavy atom. The second-order valence-electron chi connectivity index (χ2n) is 5.54. The molecule has 0 bridgehead atoms. The van der Waals surface area contributed by atoms with Crippen LogP contribution in [0.1, 0.15) is 18.0 Å². The summed E-state index contributed by atoms with van der Waals surface area (Å²) in [5, 5.41) is 3.15. The summed E-state index contributed by atoms with van der Waals surface area (Å²) in [5.41, 5.74) is 0.453. The van der Waals surface area contributed by atoms with Gasteiger partial charge in [-0.1, -0.05) is 0 Å². The minimum Gasteiger partial charge on any atom is -0.493 e. The van der Waals surface area contributed by atoms with E-state index >= 15 is 0 Å². The second kappa shape index (κ2) is 9.35. The van der Waals surface area contributed by atoms with Crippen molar-refractivity contribution < 1.29 is 27.4 Å². The number of nitrogens with one attached hydrogen (secondary N) is 1. The Balaban J connectivity index is 0.00000312. The lowest BCUT2D eigenvalue weighted by Gasteiger charge is -2.36. The van der Waals surface area contributed by atoms with Crippen molar-refractivity contribution in [3.05, 3.63) is 17.7 Å². The topological polar surface area (TPSA) is 43.0 Å². The number of nitrogens with zero attached hydrogens (tertiary/aromatic N) is 1. The molecular weight excluding hydrogens is 361 g/mol. The summed E-state index contributed by atoms with van der Waals surface area (Å²) in [5.74, 6) is 1.01. The molecule has 0 aliphatic carbocycles. The first-order valence-corrected chi connectivity index (χ1v) is 7.71. The van der Waals surface area contributed by atoms with Gasteiger partial charge in [0.15, 0.2) is 11.5 Å². The zero-order chi connectivity index (χ0) is 17.7. The lowest BCUT2D eigenvalue weighted by Crippen LogP contribution is -2.46. The summed E-state index contributed by atoms with van der Waals surface area (Å²) in [7, 11) is 4.33. The number of hydrogen-bond donors (Lipinski definition) is 1. The molecule has 0 spiro atoms. The zero-order valence-electron chi connectivity index (χ0n) is 14.5. The Morgan fingerprint density at radius 3 is 2.12 bits per heavy atom. The van der Waals surface area contributed by atoms with Gasteiger partial charge in [-0.2, -0.15) is 13.2 Å². The van der Waals surface area contributed by atoms with Crippen molar-refractivity contribution in [3.8, 4) is 17.2 Å². The molecule has 0 aromatic heterocycles. The number of hydrogen-bond acceptors (Lipinski definition) is 5. The van der Waals surface area contributed by atoms with E-state index in [9.17, 15) is 13.2 Å². The van der Waals surface area contributed by atoms with Gasteiger partial charge in [0.1, 0.15) is 0 Å². The van der Waals surface area contributed by atoms with Crippen LogP contribution in [0.4, 0.5) is 13.2 Å². The van der Waals surface area contributed by atoms with E-state index in [-0.39, 0.29) is 18.2 Å². The first-order chi connectivity index (χ1) is 11.4. The van der Waals surface area contributed by atoms with Crippen molar-refractivity contribution in [2.75, 3.05) is 47.5 Å². The second-order valence-corrected chi connectivity index (χ2v) is 5.54. The molecule has 25 heavy (non-hydrogen) atoms. The van der Waals surface area contributed by atoms with Crippen LogP contribution in [0.5, 0.6) is 17.2 Å². The molecule has 1 atom stereocenters. The quantitative estimate of drug-likeness (QED) is 0.816. The Bertz CT molecular complexity index is 552. The fraction of sp³-hybridized carbons (Fsp3) is 0.625. The van der Waals surface area contributed by atoms with Gasteiger partial charge < -0.3 is 19.5 Å². The number of alkyl halides is 3. The minimum atomic E-state index is -4.28. The third-order valence-corrected chi connectivity index (χ3v) is 4.11. The van der Waals surface area contributed by atoms with Crippen molar-refractivity contribution >= 4 is 12.4 Å². The molecule has 1 aromatic rings. The summed E-state index contributed by atoms with van der Waals surface area (Å²) in [6, 6.07) is 2.41. The molecule has 0 unspecified atom stereocenters. The van der Waals surface area contributed by atoms with Crippen molar-refractivity contribution in [2.24, 2.45) is 0 Å². The van der Waals surface area contributed by atoms with E-state index in [2.05, 4.69) is 5.32 Å². The highest BCUT2D eigenvalue weighted by Crippen LogP contribution is 2.46. The molecule has 1 aromatic carbocycles. The molecule has 2 rings (SSSR count). The van der Waals surface area contributed by atoms with Crippen LogP contribution in [-0.2, 0) is 0 Å². The normalized spacial score (nSPS) is 16.7. The first kappa shape index (κ1) is 21.7. The van der Waals surface area contributed by atoms with E-state index in [1.807, 2.05) is 4.90 Å². The molecule has 1 N–H and O–H groups in total. The largest absolute Gasteiger partial charge is 0.493 e. The van der Waals surface area contributed by atoms with Crippen molar-refractivity contribution in [1.82, 2.24) is 10.2 Å². The van der Waals surface area contributed by atoms with E-state index in [1.54, 1.807) is 12.1 Å². The molecule has 1 heterocycles. The number of rotatable bonds is 6. The van der Waals surface area contributed by atoms with Crippen LogP contribution in [0.3, 0.4) is 0 Å². The van der Waals surface area contributed by atoms with E-state index in [0.717, 1.165) is 0 Å². The monoisotopic (exact) mass is 384 g/mol. The van der Waals surface area contributed by atoms with Crippen LogP contribution in [-0.4, -0.2) is 58.6 Å². The molecule has 0 amide bonds. The number of ether oxygens (including phenoxy) is 3. The number of methoxy groups -OCH3 is 3. The maximum atomic E-state index is 13.2. The van der Waals surface area contributed by atoms with Crippen molar-refractivity contribution in [3.63, 3.8) is 0 Å². The average Bonchev–Trinajstić information content (AvgIpc) is 2.58. The summed E-state index contributed by atoms with van der Waals surface area (Å²) in [6.07, 6.45) is -5.23. The third-order valence-electron chi connectivity index (χ3n) is 4.11. The maximum Gasteiger partial charge on any atom is 0.390 e. The van der Waals surface area contributed by atoms with E-state index in [0.29, 0.717) is 43.2 Å². The fourth-order valence-electron chi connectivity index (χ4n) is 3.04. The summed E-state index contributed by atoms with van der Waals surface area (Å²) < 4.78 is 55.4. The molecule has 1 aliphatic heterocycles. The number of piperazine rings is 1. The van der Waals surface area contributed by atoms with Crippen LogP contribution >= 0.6 is 12.4 Å². The van der Waals surface area contributed by atoms with E-state index in [4.69, 9.17) is 14.2 Å². The molecule has 0 radical (unpaired) electrons.